The van der Waals surface area contributed by atoms with Crippen molar-refractivity contribution in [3.8, 4) is 16.8 Å². The van der Waals surface area contributed by atoms with E-state index in [4.69, 9.17) is 4.42 Å². The Kier molecular flexibility index (Phi) is 5.47. The summed E-state index contributed by atoms with van der Waals surface area (Å²) in [6.45, 7) is 14.3. The van der Waals surface area contributed by atoms with E-state index in [-0.39, 0.29) is 10.8 Å². The monoisotopic (exact) mass is 595 g/mol. The number of rotatable bonds is 2. The van der Waals surface area contributed by atoms with Gasteiger partial charge in [-0.15, -0.1) is 0 Å². The van der Waals surface area contributed by atoms with Crippen molar-refractivity contribution >= 4 is 43.7 Å². The van der Waals surface area contributed by atoms with Gasteiger partial charge < -0.3 is 8.98 Å². The smallest absolute Gasteiger partial charge is 0.135 e. The van der Waals surface area contributed by atoms with Gasteiger partial charge in [0, 0.05) is 38.1 Å². The van der Waals surface area contributed by atoms with E-state index < -0.39 is 0 Å². The minimum absolute atomic E-state index is 0.199. The summed E-state index contributed by atoms with van der Waals surface area (Å²) >= 11 is 0. The van der Waals surface area contributed by atoms with E-state index in [9.17, 15) is 0 Å². The van der Waals surface area contributed by atoms with Gasteiger partial charge in [0.05, 0.1) is 11.0 Å². The fourth-order valence-corrected chi connectivity index (χ4v) is 8.71. The Labute approximate surface area is 269 Å². The first kappa shape index (κ1) is 27.2. The molecule has 0 bridgehead atoms. The maximum absolute atomic E-state index is 6.21. The molecule has 0 amide bonds. The highest BCUT2D eigenvalue weighted by Crippen LogP contribution is 2.56. The lowest BCUT2D eigenvalue weighted by Crippen LogP contribution is -2.37. The summed E-state index contributed by atoms with van der Waals surface area (Å²) in [5, 5.41) is 4.94. The van der Waals surface area contributed by atoms with Gasteiger partial charge in [0.2, 0.25) is 0 Å². The third-order valence-corrected chi connectivity index (χ3v) is 10.9. The van der Waals surface area contributed by atoms with Crippen LogP contribution in [0.15, 0.2) is 120 Å². The number of hydrogen-bond acceptors (Lipinski definition) is 1. The van der Waals surface area contributed by atoms with Crippen LogP contribution in [0.25, 0.3) is 60.6 Å². The third-order valence-electron chi connectivity index (χ3n) is 10.9. The standard InChI is InChI=1S/C44H37NO/c1-26-13-7-8-14-29(26)39-27(2)19-21-33-41(39)43(3,4)34-22-23-36-40(42(34)44(33,5)6)31-16-9-11-17-35(31)45(36)28-20-24-38-32(25-28)30-15-10-12-18-37(30)46-38/h7-25H,1-6H3. The zero-order valence-electron chi connectivity index (χ0n) is 27.3. The zero-order valence-corrected chi connectivity index (χ0v) is 27.3. The Bertz CT molecular complexity index is 2550. The molecule has 2 aromatic heterocycles. The fraction of sp³-hybridized carbons (Fsp3) is 0.182. The Morgan fingerprint density at radius 2 is 1.17 bits per heavy atom. The molecule has 0 spiro atoms. The van der Waals surface area contributed by atoms with Crippen molar-refractivity contribution in [3.05, 3.63) is 149 Å². The molecule has 46 heavy (non-hydrogen) atoms. The molecule has 0 saturated heterocycles. The van der Waals surface area contributed by atoms with Crippen LogP contribution in [0.1, 0.15) is 61.1 Å². The molecule has 224 valence electrons. The van der Waals surface area contributed by atoms with E-state index in [1.54, 1.807) is 0 Å². The molecule has 2 heterocycles. The lowest BCUT2D eigenvalue weighted by Gasteiger charge is -2.46. The molecule has 9 rings (SSSR count). The van der Waals surface area contributed by atoms with E-state index in [0.29, 0.717) is 0 Å². The number of para-hydroxylation sites is 2. The minimum atomic E-state index is -0.218. The Morgan fingerprint density at radius 1 is 0.522 bits per heavy atom. The number of aromatic nitrogens is 1. The van der Waals surface area contributed by atoms with E-state index in [1.807, 2.05) is 6.07 Å². The van der Waals surface area contributed by atoms with Crippen LogP contribution in [0.4, 0.5) is 0 Å². The van der Waals surface area contributed by atoms with Gasteiger partial charge in [-0.2, -0.15) is 0 Å². The van der Waals surface area contributed by atoms with Crippen LogP contribution in [0.3, 0.4) is 0 Å². The average molecular weight is 596 g/mol. The van der Waals surface area contributed by atoms with Gasteiger partial charge in [0.1, 0.15) is 11.2 Å². The molecule has 2 heteroatoms. The van der Waals surface area contributed by atoms with Crippen LogP contribution in [-0.4, -0.2) is 4.57 Å². The van der Waals surface area contributed by atoms with Gasteiger partial charge in [0.15, 0.2) is 0 Å². The minimum Gasteiger partial charge on any atom is -0.456 e. The van der Waals surface area contributed by atoms with Crippen LogP contribution in [0.5, 0.6) is 0 Å². The maximum atomic E-state index is 6.21. The molecule has 0 saturated carbocycles. The molecular weight excluding hydrogens is 558 g/mol. The summed E-state index contributed by atoms with van der Waals surface area (Å²) in [5.41, 5.74) is 16.2. The van der Waals surface area contributed by atoms with Crippen LogP contribution < -0.4 is 0 Å². The summed E-state index contributed by atoms with van der Waals surface area (Å²) in [6.07, 6.45) is 0. The fourth-order valence-electron chi connectivity index (χ4n) is 8.71. The van der Waals surface area contributed by atoms with Crippen molar-refractivity contribution < 1.29 is 4.42 Å². The first-order chi connectivity index (χ1) is 22.2. The summed E-state index contributed by atoms with van der Waals surface area (Å²) in [6, 6.07) is 42.3. The van der Waals surface area contributed by atoms with Crippen molar-refractivity contribution in [2.45, 2.75) is 52.4 Å². The number of nitrogens with zero attached hydrogens (tertiary/aromatic N) is 1. The topological polar surface area (TPSA) is 18.1 Å². The van der Waals surface area contributed by atoms with E-state index in [2.05, 4.69) is 155 Å². The predicted molar refractivity (Wildman–Crippen MR) is 194 cm³/mol. The molecular formula is C44H37NO. The molecule has 0 unspecified atom stereocenters. The molecule has 6 aromatic carbocycles. The van der Waals surface area contributed by atoms with Crippen molar-refractivity contribution in [2.24, 2.45) is 0 Å². The molecule has 1 aliphatic carbocycles. The summed E-state index contributed by atoms with van der Waals surface area (Å²) < 4.78 is 8.66. The predicted octanol–water partition coefficient (Wildman–Crippen LogP) is 11.9. The van der Waals surface area contributed by atoms with Crippen molar-refractivity contribution in [2.75, 3.05) is 0 Å². The number of hydrogen-bond donors (Lipinski definition) is 0. The van der Waals surface area contributed by atoms with Gasteiger partial charge in [-0.3, -0.25) is 0 Å². The van der Waals surface area contributed by atoms with E-state index in [0.717, 1.165) is 27.6 Å². The Morgan fingerprint density at radius 3 is 2.00 bits per heavy atom. The number of fused-ring (bicyclic) bond motifs is 9. The largest absolute Gasteiger partial charge is 0.456 e. The number of furan rings is 1. The second-order valence-corrected chi connectivity index (χ2v) is 14.3. The van der Waals surface area contributed by atoms with Crippen LogP contribution >= 0.6 is 0 Å². The highest BCUT2D eigenvalue weighted by Gasteiger charge is 2.45. The molecule has 1 aliphatic rings. The van der Waals surface area contributed by atoms with Crippen molar-refractivity contribution in [3.63, 3.8) is 0 Å². The van der Waals surface area contributed by atoms with Gasteiger partial charge in [0.25, 0.3) is 0 Å². The number of benzene rings is 6. The first-order valence-corrected chi connectivity index (χ1v) is 16.4. The normalized spacial score (nSPS) is 15.1. The molecule has 0 N–H and O–H groups in total. The SMILES string of the molecule is Cc1ccccc1-c1c(C)ccc2c1C(C)(C)c1ccc3c(c1C2(C)C)c1ccccc1n3-c1ccc2oc3ccccc3c2c1. The van der Waals surface area contributed by atoms with Crippen LogP contribution in [0.2, 0.25) is 0 Å². The molecule has 0 aliphatic heterocycles. The molecule has 0 radical (unpaired) electrons. The maximum Gasteiger partial charge on any atom is 0.135 e. The molecule has 0 fully saturated rings. The molecule has 8 aromatic rings. The highest BCUT2D eigenvalue weighted by molar-refractivity contribution is 6.13. The van der Waals surface area contributed by atoms with Gasteiger partial charge >= 0.3 is 0 Å². The van der Waals surface area contributed by atoms with Crippen molar-refractivity contribution in [1.82, 2.24) is 4.57 Å². The summed E-state index contributed by atoms with van der Waals surface area (Å²) in [4.78, 5) is 0. The molecule has 0 atom stereocenters. The summed E-state index contributed by atoms with van der Waals surface area (Å²) in [5.74, 6) is 0. The van der Waals surface area contributed by atoms with Crippen LogP contribution in [-0.2, 0) is 10.8 Å². The first-order valence-electron chi connectivity index (χ1n) is 16.4. The second kappa shape index (κ2) is 9.23. The Hall–Kier alpha value is -5.08. The van der Waals surface area contributed by atoms with E-state index in [1.165, 1.54) is 66.3 Å². The van der Waals surface area contributed by atoms with Crippen LogP contribution in [0, 0.1) is 13.8 Å². The van der Waals surface area contributed by atoms with E-state index >= 15 is 0 Å². The van der Waals surface area contributed by atoms with Gasteiger partial charge in [-0.25, -0.2) is 0 Å². The van der Waals surface area contributed by atoms with Crippen molar-refractivity contribution in [1.29, 1.82) is 0 Å². The highest BCUT2D eigenvalue weighted by atomic mass is 16.3. The average Bonchev–Trinajstić information content (AvgIpc) is 3.59. The molecule has 2 nitrogen and oxygen atoms in total. The Balaban J connectivity index is 1.37. The van der Waals surface area contributed by atoms with Gasteiger partial charge in [-0.05, 0) is 94.8 Å². The second-order valence-electron chi connectivity index (χ2n) is 14.3. The lowest BCUT2D eigenvalue weighted by molar-refractivity contribution is 0.526. The van der Waals surface area contributed by atoms with Gasteiger partial charge in [-0.1, -0.05) is 107 Å². The zero-order chi connectivity index (χ0) is 31.5. The number of aryl methyl sites for hydroxylation is 2. The summed E-state index contributed by atoms with van der Waals surface area (Å²) in [7, 11) is 0. The third kappa shape index (κ3) is 3.47. The quantitative estimate of drug-likeness (QED) is 0.194. The lowest BCUT2D eigenvalue weighted by atomic mass is 9.57.